The van der Waals surface area contributed by atoms with E-state index in [2.05, 4.69) is 30.6 Å². The molecule has 1 aliphatic rings. The molecule has 0 bridgehead atoms. The second-order valence-corrected chi connectivity index (χ2v) is 6.41. The van der Waals surface area contributed by atoms with Crippen LogP contribution in [-0.4, -0.2) is 36.0 Å². The van der Waals surface area contributed by atoms with Crippen LogP contribution in [0.4, 0.5) is 5.95 Å². The summed E-state index contributed by atoms with van der Waals surface area (Å²) >= 11 is 0. The highest BCUT2D eigenvalue weighted by atomic mass is 16.3. The van der Waals surface area contributed by atoms with E-state index in [4.69, 9.17) is 4.42 Å². The monoisotopic (exact) mass is 335 g/mol. The van der Waals surface area contributed by atoms with E-state index in [1.54, 1.807) is 10.9 Å². The molecule has 1 aliphatic carbocycles. The van der Waals surface area contributed by atoms with E-state index in [9.17, 15) is 0 Å². The number of benzene rings is 1. The number of aromatic nitrogens is 6. The quantitative estimate of drug-likeness (QED) is 0.615. The normalized spacial score (nSPS) is 15.4. The van der Waals surface area contributed by atoms with Gasteiger partial charge < -0.3 is 9.73 Å². The van der Waals surface area contributed by atoms with E-state index in [1.165, 1.54) is 25.7 Å². The minimum atomic E-state index is 0.454. The summed E-state index contributed by atoms with van der Waals surface area (Å²) in [4.78, 5) is 13.3. The van der Waals surface area contributed by atoms with Crippen LogP contribution in [0.1, 0.15) is 31.6 Å². The zero-order valence-corrected chi connectivity index (χ0v) is 13.8. The van der Waals surface area contributed by atoms with Crippen molar-refractivity contribution in [3.8, 4) is 5.69 Å². The van der Waals surface area contributed by atoms with Gasteiger partial charge in [0.1, 0.15) is 5.52 Å². The molecule has 5 rings (SSSR count). The fourth-order valence-electron chi connectivity index (χ4n) is 3.38. The highest BCUT2D eigenvalue weighted by Crippen LogP contribution is 2.23. The van der Waals surface area contributed by atoms with Crippen LogP contribution >= 0.6 is 0 Å². The van der Waals surface area contributed by atoms with Gasteiger partial charge in [-0.2, -0.15) is 9.67 Å². The molecular weight excluding hydrogens is 318 g/mol. The van der Waals surface area contributed by atoms with Crippen molar-refractivity contribution in [1.29, 1.82) is 0 Å². The van der Waals surface area contributed by atoms with E-state index in [0.29, 0.717) is 29.0 Å². The maximum absolute atomic E-state index is 5.61. The highest BCUT2D eigenvalue weighted by Gasteiger charge is 2.17. The predicted molar refractivity (Wildman–Crippen MR) is 92.6 cm³/mol. The Morgan fingerprint density at radius 2 is 2.04 bits per heavy atom. The summed E-state index contributed by atoms with van der Waals surface area (Å²) in [7, 11) is 0. The third kappa shape index (κ3) is 2.50. The van der Waals surface area contributed by atoms with E-state index in [0.717, 1.165) is 16.8 Å². The van der Waals surface area contributed by atoms with Crippen molar-refractivity contribution in [3.05, 3.63) is 30.3 Å². The second kappa shape index (κ2) is 5.51. The molecule has 1 fully saturated rings. The van der Waals surface area contributed by atoms with Crippen LogP contribution in [0.2, 0.25) is 0 Å². The lowest BCUT2D eigenvalue weighted by Gasteiger charge is -2.11. The molecule has 1 N–H and O–H groups in total. The molecule has 8 heteroatoms. The minimum Gasteiger partial charge on any atom is -0.441 e. The number of anilines is 1. The molecule has 3 heterocycles. The average Bonchev–Trinajstić information content (AvgIpc) is 3.32. The zero-order valence-electron chi connectivity index (χ0n) is 13.8. The Bertz CT molecular complexity index is 1060. The van der Waals surface area contributed by atoms with Gasteiger partial charge in [-0.25, -0.2) is 9.97 Å². The van der Waals surface area contributed by atoms with Gasteiger partial charge in [-0.3, -0.25) is 0 Å². The topological polar surface area (TPSA) is 94.5 Å². The first-order chi connectivity index (χ1) is 12.3. The van der Waals surface area contributed by atoms with Crippen molar-refractivity contribution < 1.29 is 4.42 Å². The molecule has 25 heavy (non-hydrogen) atoms. The van der Waals surface area contributed by atoms with Gasteiger partial charge in [-0.15, -0.1) is 5.10 Å². The molecule has 1 saturated carbocycles. The standard InChI is InChI=1S/C17H17N7O/c1-10-19-13-7-6-12(8-15(13)25-10)24-16-14(22-23-24)9-18-17(21-16)20-11-4-2-3-5-11/h6-9,11H,2-5H2,1H3,(H,18,20,21). The van der Waals surface area contributed by atoms with Crippen molar-refractivity contribution in [2.45, 2.75) is 38.6 Å². The molecule has 1 aromatic carbocycles. The number of rotatable bonds is 3. The predicted octanol–water partition coefficient (Wildman–Crippen LogP) is 3.01. The Labute approximate surface area is 143 Å². The first kappa shape index (κ1) is 14.3. The number of hydrogen-bond donors (Lipinski definition) is 1. The molecule has 8 nitrogen and oxygen atoms in total. The number of nitrogens with one attached hydrogen (secondary N) is 1. The Balaban J connectivity index is 1.56. The first-order valence-electron chi connectivity index (χ1n) is 8.49. The Hall–Kier alpha value is -3.03. The first-order valence-corrected chi connectivity index (χ1v) is 8.49. The minimum absolute atomic E-state index is 0.454. The van der Waals surface area contributed by atoms with E-state index in [-0.39, 0.29) is 0 Å². The summed E-state index contributed by atoms with van der Waals surface area (Å²) < 4.78 is 7.32. The summed E-state index contributed by atoms with van der Waals surface area (Å²) in [5.41, 5.74) is 3.70. The van der Waals surface area contributed by atoms with Crippen molar-refractivity contribution in [3.63, 3.8) is 0 Å². The third-order valence-electron chi connectivity index (χ3n) is 4.60. The number of nitrogens with zero attached hydrogens (tertiary/aromatic N) is 6. The third-order valence-corrected chi connectivity index (χ3v) is 4.60. The van der Waals surface area contributed by atoms with Gasteiger partial charge in [-0.1, -0.05) is 18.1 Å². The molecule has 0 atom stereocenters. The van der Waals surface area contributed by atoms with Gasteiger partial charge in [0.15, 0.2) is 22.6 Å². The summed E-state index contributed by atoms with van der Waals surface area (Å²) in [6, 6.07) is 6.20. The van der Waals surface area contributed by atoms with Gasteiger partial charge in [0, 0.05) is 19.0 Å². The van der Waals surface area contributed by atoms with Crippen LogP contribution in [0.15, 0.2) is 28.8 Å². The lowest BCUT2D eigenvalue weighted by molar-refractivity contribution is 0.561. The molecule has 0 amide bonds. The van der Waals surface area contributed by atoms with Crippen LogP contribution in [0, 0.1) is 6.92 Å². The number of oxazole rings is 1. The van der Waals surface area contributed by atoms with Crippen LogP contribution in [0.5, 0.6) is 0 Å². The van der Waals surface area contributed by atoms with Crippen LogP contribution in [-0.2, 0) is 0 Å². The van der Waals surface area contributed by atoms with Crippen molar-refractivity contribution in [2.75, 3.05) is 5.32 Å². The maximum Gasteiger partial charge on any atom is 0.225 e. The average molecular weight is 335 g/mol. The van der Waals surface area contributed by atoms with Crippen molar-refractivity contribution >= 4 is 28.2 Å². The maximum atomic E-state index is 5.61. The molecule has 3 aromatic heterocycles. The Morgan fingerprint density at radius 1 is 1.16 bits per heavy atom. The lowest BCUT2D eigenvalue weighted by Crippen LogP contribution is -2.16. The molecule has 4 aromatic rings. The molecular formula is C17H17N7O. The summed E-state index contributed by atoms with van der Waals surface area (Å²) in [5.74, 6) is 1.26. The summed E-state index contributed by atoms with van der Waals surface area (Å²) in [5, 5.41) is 11.8. The van der Waals surface area contributed by atoms with Crippen molar-refractivity contribution in [2.24, 2.45) is 0 Å². The molecule has 0 unspecified atom stereocenters. The molecule has 0 saturated heterocycles. The van der Waals surface area contributed by atoms with Gasteiger partial charge in [0.2, 0.25) is 5.95 Å². The van der Waals surface area contributed by atoms with Gasteiger partial charge in [0.25, 0.3) is 0 Å². The number of aryl methyl sites for hydroxylation is 1. The Morgan fingerprint density at radius 3 is 2.92 bits per heavy atom. The summed E-state index contributed by atoms with van der Waals surface area (Å²) in [6.07, 6.45) is 6.56. The van der Waals surface area contributed by atoms with Gasteiger partial charge in [-0.05, 0) is 25.0 Å². The van der Waals surface area contributed by atoms with Gasteiger partial charge >= 0.3 is 0 Å². The van der Waals surface area contributed by atoms with Crippen LogP contribution in [0.3, 0.4) is 0 Å². The fourth-order valence-corrected chi connectivity index (χ4v) is 3.38. The van der Waals surface area contributed by atoms with E-state index in [1.807, 2.05) is 25.1 Å². The smallest absolute Gasteiger partial charge is 0.225 e. The zero-order chi connectivity index (χ0) is 16.8. The van der Waals surface area contributed by atoms with E-state index < -0.39 is 0 Å². The van der Waals surface area contributed by atoms with E-state index >= 15 is 0 Å². The lowest BCUT2D eigenvalue weighted by atomic mass is 10.2. The highest BCUT2D eigenvalue weighted by molar-refractivity contribution is 5.77. The van der Waals surface area contributed by atoms with Crippen LogP contribution in [0.25, 0.3) is 28.0 Å². The van der Waals surface area contributed by atoms with Crippen molar-refractivity contribution in [1.82, 2.24) is 29.9 Å². The fraction of sp³-hybridized carbons (Fsp3) is 0.353. The largest absolute Gasteiger partial charge is 0.441 e. The SMILES string of the molecule is Cc1nc2ccc(-n3nnc4cnc(NC5CCCC5)nc43)cc2o1. The number of fused-ring (bicyclic) bond motifs is 2. The molecule has 0 aliphatic heterocycles. The molecule has 0 spiro atoms. The molecule has 0 radical (unpaired) electrons. The summed E-state index contributed by atoms with van der Waals surface area (Å²) in [6.45, 7) is 1.83. The van der Waals surface area contributed by atoms with Gasteiger partial charge in [0.05, 0.1) is 11.9 Å². The number of hydrogen-bond acceptors (Lipinski definition) is 7. The van der Waals surface area contributed by atoms with Crippen LogP contribution < -0.4 is 5.32 Å². The Kier molecular flexibility index (Phi) is 3.16. The second-order valence-electron chi connectivity index (χ2n) is 6.41. The molecule has 126 valence electrons.